The van der Waals surface area contributed by atoms with Crippen LogP contribution in [0.3, 0.4) is 0 Å². The van der Waals surface area contributed by atoms with Crippen molar-refractivity contribution in [2.75, 3.05) is 13.1 Å². The van der Waals surface area contributed by atoms with Crippen LogP contribution in [0.1, 0.15) is 19.4 Å². The van der Waals surface area contributed by atoms with E-state index >= 15 is 0 Å². The third kappa shape index (κ3) is 4.79. The molecule has 0 spiro atoms. The van der Waals surface area contributed by atoms with Crippen molar-refractivity contribution < 1.29 is 17.9 Å². The topological polar surface area (TPSA) is 68.6 Å². The molecule has 0 unspecified atom stereocenters. The van der Waals surface area contributed by atoms with Gasteiger partial charge in [0.2, 0.25) is 5.91 Å². The van der Waals surface area contributed by atoms with Crippen molar-refractivity contribution in [2.24, 2.45) is 0 Å². The van der Waals surface area contributed by atoms with E-state index in [1.807, 2.05) is 26.0 Å². The maximum absolute atomic E-state index is 13.2. The second kappa shape index (κ2) is 8.65. The number of carbonyl (C=O) groups excluding carboxylic acids is 1. The predicted octanol–water partition coefficient (Wildman–Crippen LogP) is 3.90. The van der Waals surface area contributed by atoms with Crippen LogP contribution in [0.15, 0.2) is 59.6 Å². The number of rotatable bonds is 5. The summed E-state index contributed by atoms with van der Waals surface area (Å²) in [4.78, 5) is 15.0. The van der Waals surface area contributed by atoms with Crippen molar-refractivity contribution in [3.63, 3.8) is 0 Å². The Balaban J connectivity index is 1.65. The number of benzene rings is 2. The van der Waals surface area contributed by atoms with Gasteiger partial charge >= 0.3 is 0 Å². The summed E-state index contributed by atoms with van der Waals surface area (Å²) in [6, 6.07) is 14.1. The second-order valence-corrected chi connectivity index (χ2v) is 10.5. The molecule has 2 atom stereocenters. The van der Waals surface area contributed by atoms with Crippen LogP contribution in [0.5, 0.6) is 0 Å². The van der Waals surface area contributed by atoms with Gasteiger partial charge in [-0.3, -0.25) is 4.79 Å². The largest absolute Gasteiger partial charge is 0.372 e. The van der Waals surface area contributed by atoms with E-state index in [0.717, 1.165) is 5.52 Å². The Kier molecular flexibility index (Phi) is 6.10. The number of halogens is 1. The fraction of sp³-hybridized carbons (Fsp3) is 0.348. The molecule has 3 aromatic rings. The highest BCUT2D eigenvalue weighted by molar-refractivity contribution is 7.90. The number of hydrogen-bond acceptors (Lipinski definition) is 4. The summed E-state index contributed by atoms with van der Waals surface area (Å²) in [5.41, 5.74) is 1.34. The van der Waals surface area contributed by atoms with E-state index in [9.17, 15) is 13.2 Å². The molecule has 8 heteroatoms. The summed E-state index contributed by atoms with van der Waals surface area (Å²) in [5, 5.41) is 1.11. The molecule has 0 N–H and O–H groups in total. The van der Waals surface area contributed by atoms with Crippen LogP contribution in [-0.4, -0.2) is 49.1 Å². The smallest absolute Gasteiger partial charge is 0.242 e. The molecule has 1 saturated heterocycles. The van der Waals surface area contributed by atoms with Crippen molar-refractivity contribution in [1.29, 1.82) is 0 Å². The quantitative estimate of drug-likeness (QED) is 0.579. The third-order valence-corrected chi connectivity index (χ3v) is 7.35. The normalized spacial score (nSPS) is 19.6. The lowest BCUT2D eigenvalue weighted by Crippen LogP contribution is -2.49. The molecule has 0 bridgehead atoms. The van der Waals surface area contributed by atoms with Crippen LogP contribution in [0.4, 0.5) is 0 Å². The van der Waals surface area contributed by atoms with Crippen LogP contribution in [0.2, 0.25) is 5.02 Å². The van der Waals surface area contributed by atoms with Crippen LogP contribution in [-0.2, 0) is 31.7 Å². The highest BCUT2D eigenvalue weighted by atomic mass is 35.5. The van der Waals surface area contributed by atoms with Gasteiger partial charge in [0.05, 0.1) is 22.9 Å². The summed E-state index contributed by atoms with van der Waals surface area (Å²) in [6.07, 6.45) is 1.53. The highest BCUT2D eigenvalue weighted by Gasteiger charge is 2.27. The first kappa shape index (κ1) is 21.9. The molecular formula is C23H25ClN2O4S. The fourth-order valence-corrected chi connectivity index (χ4v) is 5.93. The van der Waals surface area contributed by atoms with Crippen LogP contribution in [0.25, 0.3) is 10.9 Å². The summed E-state index contributed by atoms with van der Waals surface area (Å²) in [7, 11) is -3.64. The molecule has 1 amide bonds. The molecule has 1 aliphatic heterocycles. The molecule has 1 aliphatic rings. The van der Waals surface area contributed by atoms with Gasteiger partial charge in [-0.2, -0.15) is 0 Å². The Labute approximate surface area is 187 Å². The van der Waals surface area contributed by atoms with E-state index in [4.69, 9.17) is 16.3 Å². The van der Waals surface area contributed by atoms with Crippen molar-refractivity contribution in [1.82, 2.24) is 9.47 Å². The van der Waals surface area contributed by atoms with E-state index in [2.05, 4.69) is 0 Å². The Morgan fingerprint density at radius 1 is 1.10 bits per heavy atom. The molecular weight excluding hydrogens is 436 g/mol. The number of hydrogen-bond donors (Lipinski definition) is 0. The minimum atomic E-state index is -3.64. The first-order valence-electron chi connectivity index (χ1n) is 10.2. The van der Waals surface area contributed by atoms with Gasteiger partial charge in [-0.15, -0.1) is 0 Å². The van der Waals surface area contributed by atoms with Crippen molar-refractivity contribution in [3.8, 4) is 0 Å². The van der Waals surface area contributed by atoms with E-state index in [0.29, 0.717) is 29.1 Å². The van der Waals surface area contributed by atoms with Gasteiger partial charge in [-0.05, 0) is 37.6 Å². The Morgan fingerprint density at radius 3 is 2.52 bits per heavy atom. The molecule has 0 aliphatic carbocycles. The number of aromatic nitrogens is 1. The molecule has 6 nitrogen and oxygen atoms in total. The fourth-order valence-electron chi connectivity index (χ4n) is 4.14. The molecule has 1 aromatic heterocycles. The maximum atomic E-state index is 13.2. The summed E-state index contributed by atoms with van der Waals surface area (Å²) in [6.45, 7) is 5.03. The highest BCUT2D eigenvalue weighted by Crippen LogP contribution is 2.29. The average molecular weight is 461 g/mol. The Hall–Kier alpha value is -2.35. The minimum Gasteiger partial charge on any atom is -0.372 e. The standard InChI is InChI=1S/C23H25ClN2O4S/c1-16-11-26(12-17(2)30-16)23(27)14-25-13-22(20-8-3-4-9-21(20)25)31(28,29)15-18-6-5-7-19(24)10-18/h3-10,13,16-17H,11-12,14-15H2,1-2H3/t16-,17+. The minimum absolute atomic E-state index is 0.0252. The molecule has 2 aromatic carbocycles. The molecule has 31 heavy (non-hydrogen) atoms. The zero-order valence-corrected chi connectivity index (χ0v) is 19.1. The molecule has 0 radical (unpaired) electrons. The zero-order valence-electron chi connectivity index (χ0n) is 17.5. The SMILES string of the molecule is C[C@@H]1CN(C(=O)Cn2cc(S(=O)(=O)Cc3cccc(Cl)c3)c3ccccc32)C[C@H](C)O1. The molecule has 164 valence electrons. The number of para-hydroxylation sites is 1. The number of ether oxygens (including phenoxy) is 1. The Bertz CT molecular complexity index is 1210. The van der Waals surface area contributed by atoms with Gasteiger partial charge < -0.3 is 14.2 Å². The monoisotopic (exact) mass is 460 g/mol. The summed E-state index contributed by atoms with van der Waals surface area (Å²) >= 11 is 6.02. The summed E-state index contributed by atoms with van der Waals surface area (Å²) in [5.74, 6) is -0.213. The maximum Gasteiger partial charge on any atom is 0.242 e. The third-order valence-electron chi connectivity index (χ3n) is 5.41. The van der Waals surface area contributed by atoms with Gasteiger partial charge in [0.1, 0.15) is 6.54 Å². The van der Waals surface area contributed by atoms with Gasteiger partial charge in [0.25, 0.3) is 0 Å². The average Bonchev–Trinajstić information content (AvgIpc) is 3.06. The van der Waals surface area contributed by atoms with Crippen molar-refractivity contribution in [3.05, 3.63) is 65.3 Å². The Morgan fingerprint density at radius 2 is 1.81 bits per heavy atom. The number of nitrogens with zero attached hydrogens (tertiary/aromatic N) is 2. The number of carbonyl (C=O) groups is 1. The molecule has 1 fully saturated rings. The second-order valence-electron chi connectivity index (χ2n) is 8.08. The zero-order chi connectivity index (χ0) is 22.2. The van der Waals surface area contributed by atoms with Gasteiger partial charge in [0.15, 0.2) is 9.84 Å². The lowest BCUT2D eigenvalue weighted by Gasteiger charge is -2.35. The van der Waals surface area contributed by atoms with Gasteiger partial charge in [-0.25, -0.2) is 8.42 Å². The van der Waals surface area contributed by atoms with Crippen LogP contribution < -0.4 is 0 Å². The molecule has 4 rings (SSSR count). The number of morpholine rings is 1. The van der Waals surface area contributed by atoms with E-state index < -0.39 is 9.84 Å². The van der Waals surface area contributed by atoms with Gasteiger partial charge in [-0.1, -0.05) is 41.9 Å². The van der Waals surface area contributed by atoms with Crippen molar-refractivity contribution >= 4 is 38.2 Å². The van der Waals surface area contributed by atoms with Crippen molar-refractivity contribution in [2.45, 2.75) is 43.2 Å². The lowest BCUT2D eigenvalue weighted by atomic mass is 10.2. The molecule has 0 saturated carbocycles. The molecule has 2 heterocycles. The van der Waals surface area contributed by atoms with E-state index in [-0.39, 0.29) is 35.3 Å². The van der Waals surface area contributed by atoms with E-state index in [1.54, 1.807) is 52.1 Å². The predicted molar refractivity (Wildman–Crippen MR) is 121 cm³/mol. The first-order valence-corrected chi connectivity index (χ1v) is 12.2. The summed E-state index contributed by atoms with van der Waals surface area (Å²) < 4.78 is 33.9. The van der Waals surface area contributed by atoms with Crippen LogP contribution >= 0.6 is 11.6 Å². The van der Waals surface area contributed by atoms with Crippen LogP contribution in [0, 0.1) is 0 Å². The number of fused-ring (bicyclic) bond motifs is 1. The number of amides is 1. The lowest BCUT2D eigenvalue weighted by molar-refractivity contribution is -0.143. The number of sulfone groups is 1. The van der Waals surface area contributed by atoms with E-state index in [1.165, 1.54) is 0 Å². The van der Waals surface area contributed by atoms with Gasteiger partial charge in [0, 0.05) is 35.2 Å². The first-order chi connectivity index (χ1) is 14.7.